The van der Waals surface area contributed by atoms with E-state index in [1.165, 1.54) is 49.5 Å². The zero-order chi connectivity index (χ0) is 34.8. The molecule has 9 nitrogen and oxygen atoms in total. The van der Waals surface area contributed by atoms with Crippen LogP contribution in [0.5, 0.6) is 11.5 Å². The Morgan fingerprint density at radius 3 is 2.08 bits per heavy atom. The monoisotopic (exact) mass is 675 g/mol. The van der Waals surface area contributed by atoms with E-state index in [1.807, 2.05) is 51.1 Å². The molecular formula is C37H42FN3O6S. The molecule has 0 aromatic heterocycles. The van der Waals surface area contributed by atoms with E-state index in [-0.39, 0.29) is 41.1 Å². The quantitative estimate of drug-likeness (QED) is 0.172. The lowest BCUT2D eigenvalue weighted by atomic mass is 10.0. The third-order valence-electron chi connectivity index (χ3n) is 7.77. The van der Waals surface area contributed by atoms with E-state index >= 15 is 0 Å². The largest absolute Gasteiger partial charge is 0.493 e. The fourth-order valence-corrected chi connectivity index (χ4v) is 6.54. The van der Waals surface area contributed by atoms with Gasteiger partial charge in [-0.2, -0.15) is 0 Å². The smallest absolute Gasteiger partial charge is 0.264 e. The second kappa shape index (κ2) is 16.3. The van der Waals surface area contributed by atoms with Gasteiger partial charge < -0.3 is 19.7 Å². The lowest BCUT2D eigenvalue weighted by Crippen LogP contribution is -2.53. The number of carbonyl (C=O) groups is 2. The molecule has 254 valence electrons. The number of hydrogen-bond donors (Lipinski definition) is 1. The summed E-state index contributed by atoms with van der Waals surface area (Å²) in [6.07, 6.45) is 0.171. The summed E-state index contributed by atoms with van der Waals surface area (Å²) in [6.45, 7) is 5.49. The van der Waals surface area contributed by atoms with Crippen molar-refractivity contribution >= 4 is 27.5 Å². The van der Waals surface area contributed by atoms with Crippen molar-refractivity contribution in [2.45, 2.75) is 44.7 Å². The minimum Gasteiger partial charge on any atom is -0.493 e. The van der Waals surface area contributed by atoms with Crippen molar-refractivity contribution in [2.75, 3.05) is 31.6 Å². The highest BCUT2D eigenvalue weighted by Crippen LogP contribution is 2.32. The van der Waals surface area contributed by atoms with E-state index in [1.54, 1.807) is 36.4 Å². The lowest BCUT2D eigenvalue weighted by Gasteiger charge is -2.34. The van der Waals surface area contributed by atoms with Gasteiger partial charge in [-0.1, -0.05) is 74.0 Å². The Labute approximate surface area is 282 Å². The molecule has 0 aliphatic rings. The number of rotatable bonds is 15. The summed E-state index contributed by atoms with van der Waals surface area (Å²) in [4.78, 5) is 29.7. The summed E-state index contributed by atoms with van der Waals surface area (Å²) in [6, 6.07) is 24.9. The van der Waals surface area contributed by atoms with Gasteiger partial charge in [-0.3, -0.25) is 13.9 Å². The van der Waals surface area contributed by atoms with Gasteiger partial charge in [-0.25, -0.2) is 12.8 Å². The molecule has 2 amide bonds. The zero-order valence-corrected chi connectivity index (χ0v) is 28.7. The third kappa shape index (κ3) is 9.13. The maximum atomic E-state index is 14.6. The molecular weight excluding hydrogens is 633 g/mol. The molecule has 4 aromatic carbocycles. The first kappa shape index (κ1) is 35.9. The second-order valence-electron chi connectivity index (χ2n) is 11.9. The van der Waals surface area contributed by atoms with E-state index in [0.29, 0.717) is 17.9 Å². The first-order valence-corrected chi connectivity index (χ1v) is 17.0. The van der Waals surface area contributed by atoms with Gasteiger partial charge in [0.25, 0.3) is 10.0 Å². The minimum atomic E-state index is -4.36. The number of sulfonamides is 1. The van der Waals surface area contributed by atoms with Gasteiger partial charge in [0.1, 0.15) is 18.4 Å². The molecule has 0 radical (unpaired) electrons. The number of hydrogen-bond acceptors (Lipinski definition) is 6. The van der Waals surface area contributed by atoms with E-state index < -0.39 is 34.3 Å². The zero-order valence-electron chi connectivity index (χ0n) is 27.9. The van der Waals surface area contributed by atoms with Crippen LogP contribution in [0.1, 0.15) is 30.5 Å². The van der Waals surface area contributed by atoms with E-state index in [2.05, 4.69) is 5.32 Å². The molecule has 1 N–H and O–H groups in total. The second-order valence-corrected chi connectivity index (χ2v) is 13.7. The molecule has 11 heteroatoms. The molecule has 4 aromatic rings. The average Bonchev–Trinajstić information content (AvgIpc) is 3.08. The van der Waals surface area contributed by atoms with E-state index in [0.717, 1.165) is 15.4 Å². The Morgan fingerprint density at radius 2 is 1.48 bits per heavy atom. The number of carbonyl (C=O) groups excluding carboxylic acids is 2. The molecule has 0 saturated carbocycles. The Kier molecular flexibility index (Phi) is 12.2. The first-order chi connectivity index (χ1) is 22.9. The van der Waals surface area contributed by atoms with Gasteiger partial charge in [-0.15, -0.1) is 0 Å². The van der Waals surface area contributed by atoms with Crippen LogP contribution in [0.15, 0.2) is 102 Å². The highest BCUT2D eigenvalue weighted by atomic mass is 32.2. The topological polar surface area (TPSA) is 105 Å². The van der Waals surface area contributed by atoms with Gasteiger partial charge in [0, 0.05) is 25.6 Å². The maximum absolute atomic E-state index is 14.6. The summed E-state index contributed by atoms with van der Waals surface area (Å²) in [7, 11) is -1.51. The number of aryl methyl sites for hydroxylation is 1. The average molecular weight is 676 g/mol. The molecule has 0 saturated heterocycles. The number of benzene rings is 4. The number of methoxy groups -OCH3 is 2. The van der Waals surface area contributed by atoms with Crippen LogP contribution in [0, 0.1) is 18.7 Å². The van der Waals surface area contributed by atoms with Crippen LogP contribution in [0.3, 0.4) is 0 Å². The standard InChI is InChI=1S/C37H42FN3O6S/c1-26(2)23-39-37(43)33(21-28-9-7-6-8-10-28)40(24-29-13-15-30(38)16-14-29)36(42)25-41(31-17-11-27(3)12-18-31)48(44,45)32-19-20-34(46-4)35(22-32)47-5/h6-20,22,26,33H,21,23-25H2,1-5H3,(H,39,43). The molecule has 1 atom stereocenters. The van der Waals surface area contributed by atoms with Gasteiger partial charge >= 0.3 is 0 Å². The van der Waals surface area contributed by atoms with Gasteiger partial charge in [0.2, 0.25) is 11.8 Å². The number of anilines is 1. The Hall–Kier alpha value is -4.90. The first-order valence-electron chi connectivity index (χ1n) is 15.6. The summed E-state index contributed by atoms with van der Waals surface area (Å²) >= 11 is 0. The molecule has 4 rings (SSSR count). The molecule has 48 heavy (non-hydrogen) atoms. The molecule has 1 unspecified atom stereocenters. The molecule has 0 aliphatic heterocycles. The van der Waals surface area contributed by atoms with Crippen LogP contribution in [0.4, 0.5) is 10.1 Å². The van der Waals surface area contributed by atoms with Crippen molar-refractivity contribution in [3.63, 3.8) is 0 Å². The molecule has 0 aliphatic carbocycles. The minimum absolute atomic E-state index is 0.0656. The SMILES string of the molecule is COc1ccc(S(=O)(=O)N(CC(=O)N(Cc2ccc(F)cc2)C(Cc2ccccc2)C(=O)NCC(C)C)c2ccc(C)cc2)cc1OC. The van der Waals surface area contributed by atoms with Crippen LogP contribution in [0.25, 0.3) is 0 Å². The lowest BCUT2D eigenvalue weighted by molar-refractivity contribution is -0.140. The van der Waals surface area contributed by atoms with Crippen LogP contribution in [0.2, 0.25) is 0 Å². The van der Waals surface area contributed by atoms with Crippen LogP contribution < -0.4 is 19.1 Å². The van der Waals surface area contributed by atoms with Gasteiger partial charge in [0.05, 0.1) is 24.8 Å². The summed E-state index contributed by atoms with van der Waals surface area (Å²) in [5, 5.41) is 2.95. The summed E-state index contributed by atoms with van der Waals surface area (Å²) < 4.78 is 54.3. The van der Waals surface area contributed by atoms with Gasteiger partial charge in [0.15, 0.2) is 11.5 Å². The Morgan fingerprint density at radius 1 is 0.833 bits per heavy atom. The van der Waals surface area contributed by atoms with Crippen LogP contribution in [-0.2, 0) is 32.6 Å². The fourth-order valence-electron chi connectivity index (χ4n) is 5.11. The van der Waals surface area contributed by atoms with Crippen LogP contribution >= 0.6 is 0 Å². The van der Waals surface area contributed by atoms with Crippen molar-refractivity contribution < 1.29 is 31.9 Å². The normalized spacial score (nSPS) is 11.9. The summed E-state index contributed by atoms with van der Waals surface area (Å²) in [5.41, 5.74) is 2.54. The highest BCUT2D eigenvalue weighted by Gasteiger charge is 2.35. The van der Waals surface area contributed by atoms with Crippen molar-refractivity contribution in [2.24, 2.45) is 5.92 Å². The predicted molar refractivity (Wildman–Crippen MR) is 184 cm³/mol. The Balaban J connectivity index is 1.81. The van der Waals surface area contributed by atoms with Crippen molar-refractivity contribution in [1.82, 2.24) is 10.2 Å². The Bertz CT molecular complexity index is 1780. The predicted octanol–water partition coefficient (Wildman–Crippen LogP) is 5.76. The molecule has 0 fully saturated rings. The van der Waals surface area contributed by atoms with Crippen molar-refractivity contribution in [3.05, 3.63) is 120 Å². The third-order valence-corrected chi connectivity index (χ3v) is 9.54. The van der Waals surface area contributed by atoms with E-state index in [9.17, 15) is 22.4 Å². The number of ether oxygens (including phenoxy) is 2. The van der Waals surface area contributed by atoms with E-state index in [4.69, 9.17) is 9.47 Å². The maximum Gasteiger partial charge on any atom is 0.264 e. The number of nitrogens with zero attached hydrogens (tertiary/aromatic N) is 2. The van der Waals surface area contributed by atoms with Crippen molar-refractivity contribution in [3.8, 4) is 11.5 Å². The van der Waals surface area contributed by atoms with Crippen LogP contribution in [-0.4, -0.2) is 58.5 Å². The van der Waals surface area contributed by atoms with Gasteiger partial charge in [-0.05, 0) is 60.4 Å². The van der Waals surface area contributed by atoms with Crippen molar-refractivity contribution in [1.29, 1.82) is 0 Å². The molecule has 0 bridgehead atoms. The number of amides is 2. The molecule has 0 spiro atoms. The number of nitrogens with one attached hydrogen (secondary N) is 1. The number of halogens is 1. The summed E-state index contributed by atoms with van der Waals surface area (Å²) in [5.74, 6) is -0.750. The molecule has 0 heterocycles. The highest BCUT2D eigenvalue weighted by molar-refractivity contribution is 7.92. The fraction of sp³-hybridized carbons (Fsp3) is 0.297.